The molecular weight excluding hydrogens is 364 g/mol. The molecule has 0 aliphatic carbocycles. The van der Waals surface area contributed by atoms with Crippen LogP contribution in [0.1, 0.15) is 30.1 Å². The van der Waals surface area contributed by atoms with Crippen LogP contribution in [0.5, 0.6) is 5.75 Å². The van der Waals surface area contributed by atoms with E-state index in [0.717, 1.165) is 61.6 Å². The molecule has 0 atom stereocenters. The number of nitrogens with two attached hydrogens (primary N) is 1. The summed E-state index contributed by atoms with van der Waals surface area (Å²) in [6, 6.07) is 12.2. The molecule has 0 spiro atoms. The number of imidazole rings is 1. The van der Waals surface area contributed by atoms with Crippen LogP contribution >= 0.6 is 0 Å². The summed E-state index contributed by atoms with van der Waals surface area (Å²) in [7, 11) is 0. The number of fused-ring (bicyclic) bond motifs is 1. The Balaban J connectivity index is 1.52. The first kappa shape index (κ1) is 19.8. The molecule has 1 saturated heterocycles. The standard InChI is InChI=1S/C22H30N6O/c1-16-6-7-21(29)19(25-16)15-28-20-5-3-2-4-18(20)26-22(28)14-24-17-8-11-27(12-9-17)13-10-23/h2-7,17,24,29H,8-15,23H2,1H3. The van der Waals surface area contributed by atoms with Gasteiger partial charge < -0.3 is 25.6 Å². The van der Waals surface area contributed by atoms with Crippen molar-refractivity contribution in [2.24, 2.45) is 5.73 Å². The Kier molecular flexibility index (Phi) is 6.08. The highest BCUT2D eigenvalue weighted by atomic mass is 16.3. The summed E-state index contributed by atoms with van der Waals surface area (Å²) in [6.45, 7) is 7.02. The summed E-state index contributed by atoms with van der Waals surface area (Å²) in [5, 5.41) is 14.0. The van der Waals surface area contributed by atoms with Crippen molar-refractivity contribution in [2.75, 3.05) is 26.2 Å². The van der Waals surface area contributed by atoms with Crippen molar-refractivity contribution in [3.63, 3.8) is 0 Å². The number of likely N-dealkylation sites (tertiary alicyclic amines) is 1. The lowest BCUT2D eigenvalue weighted by atomic mass is 10.1. The number of aromatic hydroxyl groups is 1. The number of benzene rings is 1. The Morgan fingerprint density at radius 2 is 1.93 bits per heavy atom. The lowest BCUT2D eigenvalue weighted by Gasteiger charge is -2.32. The summed E-state index contributed by atoms with van der Waals surface area (Å²) in [5.41, 5.74) is 9.27. The summed E-state index contributed by atoms with van der Waals surface area (Å²) in [4.78, 5) is 11.8. The van der Waals surface area contributed by atoms with E-state index in [2.05, 4.69) is 25.8 Å². The van der Waals surface area contributed by atoms with Gasteiger partial charge in [-0.25, -0.2) is 4.98 Å². The number of para-hydroxylation sites is 2. The van der Waals surface area contributed by atoms with Crippen LogP contribution < -0.4 is 11.1 Å². The maximum absolute atomic E-state index is 10.3. The third-order valence-corrected chi connectivity index (χ3v) is 5.71. The van der Waals surface area contributed by atoms with Gasteiger partial charge >= 0.3 is 0 Å². The van der Waals surface area contributed by atoms with Gasteiger partial charge in [0.25, 0.3) is 0 Å². The molecule has 0 amide bonds. The highest BCUT2D eigenvalue weighted by molar-refractivity contribution is 5.76. The Labute approximate surface area is 171 Å². The molecule has 0 bridgehead atoms. The normalized spacial score (nSPS) is 15.9. The van der Waals surface area contributed by atoms with Gasteiger partial charge in [0.1, 0.15) is 17.3 Å². The highest BCUT2D eigenvalue weighted by Crippen LogP contribution is 2.22. The lowest BCUT2D eigenvalue weighted by molar-refractivity contribution is 0.201. The van der Waals surface area contributed by atoms with E-state index in [4.69, 9.17) is 10.7 Å². The summed E-state index contributed by atoms with van der Waals surface area (Å²) in [5.74, 6) is 1.19. The predicted octanol–water partition coefficient (Wildman–Crippen LogP) is 2.01. The van der Waals surface area contributed by atoms with E-state index in [1.165, 1.54) is 0 Å². The van der Waals surface area contributed by atoms with E-state index in [1.54, 1.807) is 6.07 Å². The first-order valence-electron chi connectivity index (χ1n) is 10.4. The van der Waals surface area contributed by atoms with Crippen LogP contribution in [0.3, 0.4) is 0 Å². The molecule has 1 fully saturated rings. The zero-order chi connectivity index (χ0) is 20.2. The molecule has 3 aromatic rings. The van der Waals surface area contributed by atoms with Crippen LogP contribution in [0.15, 0.2) is 36.4 Å². The number of piperidine rings is 1. The Hall–Kier alpha value is -2.48. The van der Waals surface area contributed by atoms with Crippen molar-refractivity contribution in [1.82, 2.24) is 24.8 Å². The van der Waals surface area contributed by atoms with Gasteiger partial charge in [0.05, 0.1) is 24.1 Å². The van der Waals surface area contributed by atoms with Crippen LogP contribution in [0.25, 0.3) is 11.0 Å². The third-order valence-electron chi connectivity index (χ3n) is 5.71. The summed E-state index contributed by atoms with van der Waals surface area (Å²) in [6.07, 6.45) is 2.25. The van der Waals surface area contributed by atoms with E-state index in [1.807, 2.05) is 31.2 Å². The number of aromatic nitrogens is 3. The molecule has 2 aromatic heterocycles. The predicted molar refractivity (Wildman–Crippen MR) is 115 cm³/mol. The lowest BCUT2D eigenvalue weighted by Crippen LogP contribution is -2.44. The SMILES string of the molecule is Cc1ccc(O)c(Cn2c(CNC3CCN(CCN)CC3)nc3ccccc32)n1. The number of nitrogens with zero attached hydrogens (tertiary/aromatic N) is 4. The molecule has 1 aliphatic heterocycles. The summed E-state index contributed by atoms with van der Waals surface area (Å²) >= 11 is 0. The molecule has 0 saturated carbocycles. The Bertz CT molecular complexity index is 961. The number of aryl methyl sites for hydroxylation is 1. The van der Waals surface area contributed by atoms with Gasteiger partial charge in [0, 0.05) is 24.8 Å². The molecule has 7 heteroatoms. The highest BCUT2D eigenvalue weighted by Gasteiger charge is 2.20. The van der Waals surface area contributed by atoms with Crippen molar-refractivity contribution >= 4 is 11.0 Å². The largest absolute Gasteiger partial charge is 0.506 e. The molecular formula is C22H30N6O. The number of hydrogen-bond donors (Lipinski definition) is 3. The molecule has 0 radical (unpaired) electrons. The van der Waals surface area contributed by atoms with E-state index >= 15 is 0 Å². The fourth-order valence-electron chi connectivity index (χ4n) is 4.08. The average Bonchev–Trinajstić information content (AvgIpc) is 3.08. The maximum atomic E-state index is 10.3. The van der Waals surface area contributed by atoms with Crippen LogP contribution in [0.4, 0.5) is 0 Å². The molecule has 4 rings (SSSR count). The minimum Gasteiger partial charge on any atom is -0.506 e. The van der Waals surface area contributed by atoms with Gasteiger partial charge in [0.15, 0.2) is 0 Å². The monoisotopic (exact) mass is 394 g/mol. The van der Waals surface area contributed by atoms with Gasteiger partial charge in [-0.05, 0) is 57.1 Å². The van der Waals surface area contributed by atoms with E-state index in [0.29, 0.717) is 24.8 Å². The second kappa shape index (κ2) is 8.90. The minimum atomic E-state index is 0.222. The first-order valence-corrected chi connectivity index (χ1v) is 10.4. The van der Waals surface area contributed by atoms with Gasteiger partial charge in [-0.3, -0.25) is 4.98 Å². The van der Waals surface area contributed by atoms with Gasteiger partial charge in [0.2, 0.25) is 0 Å². The Morgan fingerprint density at radius 3 is 2.72 bits per heavy atom. The van der Waals surface area contributed by atoms with Crippen molar-refractivity contribution in [2.45, 2.75) is 38.9 Å². The van der Waals surface area contributed by atoms with Crippen molar-refractivity contribution in [3.05, 3.63) is 53.6 Å². The molecule has 29 heavy (non-hydrogen) atoms. The van der Waals surface area contributed by atoms with Crippen LogP contribution in [-0.4, -0.2) is 56.8 Å². The van der Waals surface area contributed by atoms with E-state index in [-0.39, 0.29) is 5.75 Å². The van der Waals surface area contributed by atoms with E-state index < -0.39 is 0 Å². The zero-order valence-electron chi connectivity index (χ0n) is 17.0. The van der Waals surface area contributed by atoms with Gasteiger partial charge in [-0.15, -0.1) is 0 Å². The smallest absolute Gasteiger partial charge is 0.138 e. The van der Waals surface area contributed by atoms with Crippen LogP contribution in [0.2, 0.25) is 0 Å². The fraction of sp³-hybridized carbons (Fsp3) is 0.455. The topological polar surface area (TPSA) is 92.2 Å². The zero-order valence-corrected chi connectivity index (χ0v) is 17.0. The number of pyridine rings is 1. The van der Waals surface area contributed by atoms with Crippen molar-refractivity contribution in [3.8, 4) is 5.75 Å². The molecule has 1 aromatic carbocycles. The second-order valence-corrected chi connectivity index (χ2v) is 7.81. The molecule has 3 heterocycles. The summed E-state index contributed by atoms with van der Waals surface area (Å²) < 4.78 is 2.16. The molecule has 7 nitrogen and oxygen atoms in total. The molecule has 1 aliphatic rings. The third kappa shape index (κ3) is 4.58. The first-order chi connectivity index (χ1) is 14.1. The van der Waals surface area contributed by atoms with Crippen molar-refractivity contribution in [1.29, 1.82) is 0 Å². The maximum Gasteiger partial charge on any atom is 0.138 e. The van der Waals surface area contributed by atoms with Gasteiger partial charge in [-0.1, -0.05) is 12.1 Å². The number of hydrogen-bond acceptors (Lipinski definition) is 6. The quantitative estimate of drug-likeness (QED) is 0.568. The molecule has 0 unspecified atom stereocenters. The number of nitrogens with one attached hydrogen (secondary N) is 1. The average molecular weight is 395 g/mol. The van der Waals surface area contributed by atoms with Gasteiger partial charge in [-0.2, -0.15) is 0 Å². The van der Waals surface area contributed by atoms with Crippen molar-refractivity contribution < 1.29 is 5.11 Å². The minimum absolute atomic E-state index is 0.222. The fourth-order valence-corrected chi connectivity index (χ4v) is 4.08. The van der Waals surface area contributed by atoms with E-state index in [9.17, 15) is 5.11 Å². The van der Waals surface area contributed by atoms with Crippen LogP contribution in [-0.2, 0) is 13.1 Å². The van der Waals surface area contributed by atoms with Crippen LogP contribution in [0, 0.1) is 6.92 Å². The second-order valence-electron chi connectivity index (χ2n) is 7.81. The molecule has 4 N–H and O–H groups in total. The number of rotatable bonds is 7. The Morgan fingerprint density at radius 1 is 1.14 bits per heavy atom. The molecule has 154 valence electrons.